The molecule has 2 atom stereocenters. The highest BCUT2D eigenvalue weighted by molar-refractivity contribution is 7.89. The maximum Gasteiger partial charge on any atom is 0.338 e. The number of methoxy groups -OCH3 is 1. The fourth-order valence-corrected chi connectivity index (χ4v) is 6.29. The summed E-state index contributed by atoms with van der Waals surface area (Å²) in [5.41, 5.74) is 1.34. The molecule has 0 saturated carbocycles. The maximum absolute atomic E-state index is 13.4. The zero-order valence-electron chi connectivity index (χ0n) is 18.7. The minimum Gasteiger partial charge on any atom is -0.495 e. The van der Waals surface area contributed by atoms with E-state index in [9.17, 15) is 13.2 Å². The molecule has 1 aromatic carbocycles. The van der Waals surface area contributed by atoms with Gasteiger partial charge in [-0.15, -0.1) is 0 Å². The summed E-state index contributed by atoms with van der Waals surface area (Å²) in [4.78, 5) is 17.1. The quantitative estimate of drug-likeness (QED) is 0.484. The first-order valence-electron chi connectivity index (χ1n) is 10.7. The molecule has 4 rings (SSSR count). The first kappa shape index (κ1) is 23.5. The fourth-order valence-electron chi connectivity index (χ4n) is 4.26. The number of pyridine rings is 1. The van der Waals surface area contributed by atoms with E-state index in [1.54, 1.807) is 28.9 Å². The van der Waals surface area contributed by atoms with Crippen molar-refractivity contribution in [2.24, 2.45) is 11.8 Å². The Hall–Kier alpha value is -2.62. The van der Waals surface area contributed by atoms with Crippen molar-refractivity contribution >= 4 is 33.2 Å². The van der Waals surface area contributed by atoms with Crippen molar-refractivity contribution in [2.45, 2.75) is 31.8 Å². The highest BCUT2D eigenvalue weighted by Crippen LogP contribution is 2.32. The lowest BCUT2D eigenvalue weighted by molar-refractivity contribution is 0.0468. The molecular weight excluding hydrogens is 466 g/mol. The van der Waals surface area contributed by atoms with Crippen LogP contribution < -0.4 is 4.74 Å². The van der Waals surface area contributed by atoms with Crippen molar-refractivity contribution in [2.75, 3.05) is 20.2 Å². The van der Waals surface area contributed by atoms with Crippen molar-refractivity contribution in [3.63, 3.8) is 0 Å². The van der Waals surface area contributed by atoms with Gasteiger partial charge in [0.2, 0.25) is 10.0 Å². The third-order valence-corrected chi connectivity index (χ3v) is 7.74. The van der Waals surface area contributed by atoms with E-state index in [1.165, 1.54) is 29.6 Å². The molecule has 0 aliphatic carbocycles. The van der Waals surface area contributed by atoms with Crippen molar-refractivity contribution in [3.05, 3.63) is 59.0 Å². The van der Waals surface area contributed by atoms with Gasteiger partial charge in [-0.3, -0.25) is 0 Å². The third-order valence-electron chi connectivity index (χ3n) is 5.67. The van der Waals surface area contributed by atoms with Gasteiger partial charge in [0.15, 0.2) is 0 Å². The number of sulfonamides is 1. The average molecular weight is 492 g/mol. The summed E-state index contributed by atoms with van der Waals surface area (Å²) in [6, 6.07) is 7.78. The van der Waals surface area contributed by atoms with Gasteiger partial charge in [0, 0.05) is 25.5 Å². The zero-order chi connectivity index (χ0) is 23.8. The van der Waals surface area contributed by atoms with Crippen LogP contribution in [0.15, 0.2) is 47.6 Å². The maximum atomic E-state index is 13.4. The van der Waals surface area contributed by atoms with Crippen LogP contribution in [0.5, 0.6) is 5.75 Å². The predicted octanol–water partition coefficient (Wildman–Crippen LogP) is 4.02. The molecule has 0 radical (unpaired) electrons. The summed E-state index contributed by atoms with van der Waals surface area (Å²) in [6.07, 6.45) is 4.40. The van der Waals surface area contributed by atoms with E-state index in [0.29, 0.717) is 29.5 Å². The van der Waals surface area contributed by atoms with E-state index in [2.05, 4.69) is 4.98 Å². The zero-order valence-corrected chi connectivity index (χ0v) is 20.3. The number of hydrogen-bond donors (Lipinski definition) is 0. The Morgan fingerprint density at radius 1 is 1.15 bits per heavy atom. The molecule has 1 aliphatic heterocycles. The summed E-state index contributed by atoms with van der Waals surface area (Å²) in [6.45, 7) is 4.88. The van der Waals surface area contributed by atoms with Gasteiger partial charge >= 0.3 is 5.97 Å². The highest BCUT2D eigenvalue weighted by atomic mass is 35.5. The number of rotatable bonds is 6. The normalized spacial score (nSPS) is 19.5. The lowest BCUT2D eigenvalue weighted by Gasteiger charge is -2.34. The van der Waals surface area contributed by atoms with Crippen LogP contribution in [0.25, 0.3) is 5.65 Å². The molecule has 10 heteroatoms. The van der Waals surface area contributed by atoms with E-state index in [4.69, 9.17) is 21.1 Å². The number of ether oxygens (including phenoxy) is 2. The van der Waals surface area contributed by atoms with Crippen LogP contribution in [-0.4, -0.2) is 48.3 Å². The van der Waals surface area contributed by atoms with E-state index < -0.39 is 16.0 Å². The van der Waals surface area contributed by atoms with Crippen molar-refractivity contribution in [3.8, 4) is 5.75 Å². The second kappa shape index (κ2) is 9.32. The minimum atomic E-state index is -3.84. The van der Waals surface area contributed by atoms with Gasteiger partial charge < -0.3 is 13.9 Å². The van der Waals surface area contributed by atoms with Crippen LogP contribution in [-0.2, 0) is 21.4 Å². The summed E-state index contributed by atoms with van der Waals surface area (Å²) in [5, 5.41) is 0.563. The largest absolute Gasteiger partial charge is 0.495 e. The molecule has 2 unspecified atom stereocenters. The lowest BCUT2D eigenvalue weighted by Crippen LogP contribution is -2.42. The van der Waals surface area contributed by atoms with Gasteiger partial charge in [-0.25, -0.2) is 18.2 Å². The summed E-state index contributed by atoms with van der Waals surface area (Å²) in [5.74, 6) is 0.0465. The van der Waals surface area contributed by atoms with Gasteiger partial charge in [-0.1, -0.05) is 25.4 Å². The Morgan fingerprint density at radius 3 is 2.58 bits per heavy atom. The molecule has 176 valence electrons. The van der Waals surface area contributed by atoms with Crippen LogP contribution >= 0.6 is 11.6 Å². The smallest absolute Gasteiger partial charge is 0.338 e. The van der Waals surface area contributed by atoms with Crippen LogP contribution in [0.2, 0.25) is 5.02 Å². The second-order valence-electron chi connectivity index (χ2n) is 8.55. The number of imidazole rings is 1. The molecule has 0 N–H and O–H groups in total. The Kier molecular flexibility index (Phi) is 6.65. The third kappa shape index (κ3) is 5.00. The Morgan fingerprint density at radius 2 is 1.88 bits per heavy atom. The molecule has 8 nitrogen and oxygen atoms in total. The van der Waals surface area contributed by atoms with Crippen LogP contribution in [0.4, 0.5) is 0 Å². The van der Waals surface area contributed by atoms with Gasteiger partial charge in [-0.2, -0.15) is 4.31 Å². The first-order chi connectivity index (χ1) is 15.7. The number of hydrogen-bond acceptors (Lipinski definition) is 6. The lowest BCUT2D eigenvalue weighted by atomic mass is 9.94. The first-order valence-corrected chi connectivity index (χ1v) is 12.5. The average Bonchev–Trinajstić information content (AvgIpc) is 3.18. The fraction of sp³-hybridized carbons (Fsp3) is 0.391. The number of carbonyl (C=O) groups is 1. The summed E-state index contributed by atoms with van der Waals surface area (Å²) < 4.78 is 40.7. The molecule has 2 aromatic heterocycles. The minimum absolute atomic E-state index is 0.0388. The van der Waals surface area contributed by atoms with Crippen LogP contribution in [0.3, 0.4) is 0 Å². The Bertz CT molecular complexity index is 1280. The van der Waals surface area contributed by atoms with Gasteiger partial charge in [0.25, 0.3) is 0 Å². The molecule has 1 fully saturated rings. The molecule has 3 aromatic rings. The number of aromatic nitrogens is 2. The molecule has 0 amide bonds. The van der Waals surface area contributed by atoms with Crippen LogP contribution in [0, 0.1) is 11.8 Å². The summed E-state index contributed by atoms with van der Waals surface area (Å²) >= 11 is 5.99. The predicted molar refractivity (Wildman–Crippen MR) is 124 cm³/mol. The van der Waals surface area contributed by atoms with E-state index in [-0.39, 0.29) is 34.7 Å². The number of halogens is 1. The molecule has 0 bridgehead atoms. The number of fused-ring (bicyclic) bond motifs is 1. The number of benzene rings is 1. The van der Waals surface area contributed by atoms with Crippen molar-refractivity contribution in [1.82, 2.24) is 13.7 Å². The standard InChI is InChI=1S/C23H26ClN3O5S/c1-15-8-16(2)11-27(10-15)33(29,30)21-9-17(4-6-20(21)31-3)23(28)32-14-19-13-26-12-18(24)5-7-22(26)25-19/h4-7,9,12-13,15-16H,8,10-11,14H2,1-3H3. The second-order valence-corrected chi connectivity index (χ2v) is 10.9. The molecule has 1 aliphatic rings. The number of carbonyl (C=O) groups excluding carboxylic acids is 1. The molecule has 0 spiro atoms. The number of esters is 1. The SMILES string of the molecule is COc1ccc(C(=O)OCc2cn3cc(Cl)ccc3n2)cc1S(=O)(=O)N1CC(C)CC(C)C1. The highest BCUT2D eigenvalue weighted by Gasteiger charge is 2.34. The molecule has 33 heavy (non-hydrogen) atoms. The molecule has 3 heterocycles. The van der Waals surface area contributed by atoms with Gasteiger partial charge in [0.05, 0.1) is 23.4 Å². The molecule has 1 saturated heterocycles. The Labute approximate surface area is 198 Å². The monoisotopic (exact) mass is 491 g/mol. The van der Waals surface area contributed by atoms with E-state index >= 15 is 0 Å². The topological polar surface area (TPSA) is 90.2 Å². The number of nitrogens with zero attached hydrogens (tertiary/aromatic N) is 3. The Balaban J connectivity index is 1.55. The van der Waals surface area contributed by atoms with Crippen molar-refractivity contribution in [1.29, 1.82) is 0 Å². The van der Waals surface area contributed by atoms with Gasteiger partial charge in [-0.05, 0) is 48.6 Å². The van der Waals surface area contributed by atoms with Crippen molar-refractivity contribution < 1.29 is 22.7 Å². The molecular formula is C23H26ClN3O5S. The van der Waals surface area contributed by atoms with Gasteiger partial charge in [0.1, 0.15) is 22.9 Å². The van der Waals surface area contributed by atoms with E-state index in [1.807, 2.05) is 13.8 Å². The summed E-state index contributed by atoms with van der Waals surface area (Å²) in [7, 11) is -2.44. The van der Waals surface area contributed by atoms with Crippen LogP contribution in [0.1, 0.15) is 36.3 Å². The number of piperidine rings is 1. The van der Waals surface area contributed by atoms with E-state index in [0.717, 1.165) is 6.42 Å².